The number of hydrogen-bond acceptors (Lipinski definition) is 4. The molecule has 0 spiro atoms. The van der Waals surface area contributed by atoms with Crippen molar-refractivity contribution in [2.75, 3.05) is 13.2 Å². The van der Waals surface area contributed by atoms with Crippen LogP contribution in [0.4, 0.5) is 4.39 Å². The first kappa shape index (κ1) is 24.1. The van der Waals surface area contributed by atoms with E-state index in [9.17, 15) is 14.0 Å². The first-order valence-corrected chi connectivity index (χ1v) is 11.7. The van der Waals surface area contributed by atoms with E-state index < -0.39 is 11.8 Å². The van der Waals surface area contributed by atoms with E-state index >= 15 is 0 Å². The molecule has 0 amide bonds. The Morgan fingerprint density at radius 3 is 2.44 bits per heavy atom. The zero-order valence-electron chi connectivity index (χ0n) is 18.6. The summed E-state index contributed by atoms with van der Waals surface area (Å²) in [6.07, 6.45) is 3.58. The predicted molar refractivity (Wildman–Crippen MR) is 128 cm³/mol. The molecule has 0 atom stereocenters. The number of carboxylic acids is 1. The van der Waals surface area contributed by atoms with Gasteiger partial charge in [-0.2, -0.15) is 5.10 Å². The van der Waals surface area contributed by atoms with Gasteiger partial charge in [0.25, 0.3) is 5.56 Å². The number of aliphatic carboxylic acids is 1. The number of ether oxygens (including phenoxy) is 1. The predicted octanol–water partition coefficient (Wildman–Crippen LogP) is 5.28. The van der Waals surface area contributed by atoms with Crippen molar-refractivity contribution in [3.8, 4) is 22.4 Å². The lowest BCUT2D eigenvalue weighted by atomic mass is 9.82. The van der Waals surface area contributed by atoms with Crippen LogP contribution in [0, 0.1) is 17.7 Å². The van der Waals surface area contributed by atoms with Gasteiger partial charge in [0.15, 0.2) is 0 Å². The van der Waals surface area contributed by atoms with Gasteiger partial charge in [-0.15, -0.1) is 0 Å². The van der Waals surface area contributed by atoms with Crippen LogP contribution in [0.1, 0.15) is 25.7 Å². The minimum Gasteiger partial charge on any atom is -0.480 e. The number of halogens is 2. The van der Waals surface area contributed by atoms with Gasteiger partial charge in [0.1, 0.15) is 18.1 Å². The molecule has 0 saturated heterocycles. The fourth-order valence-electron chi connectivity index (χ4n) is 4.48. The Bertz CT molecular complexity index is 1210. The Morgan fingerprint density at radius 2 is 1.76 bits per heavy atom. The normalized spacial score (nSPS) is 18.1. The number of carbonyl (C=O) groups is 1. The number of hydrogen-bond donors (Lipinski definition) is 1. The second-order valence-electron chi connectivity index (χ2n) is 8.71. The summed E-state index contributed by atoms with van der Waals surface area (Å²) in [5.41, 5.74) is 1.81. The average Bonchev–Trinajstić information content (AvgIpc) is 2.82. The van der Waals surface area contributed by atoms with Gasteiger partial charge >= 0.3 is 5.97 Å². The largest absolute Gasteiger partial charge is 0.480 e. The Morgan fingerprint density at radius 1 is 1.06 bits per heavy atom. The third kappa shape index (κ3) is 5.90. The van der Waals surface area contributed by atoms with E-state index in [0.717, 1.165) is 31.2 Å². The molecule has 8 heteroatoms. The molecule has 2 aromatic carbocycles. The Balaban J connectivity index is 1.57. The van der Waals surface area contributed by atoms with Gasteiger partial charge in [0.05, 0.1) is 6.61 Å². The van der Waals surface area contributed by atoms with Crippen LogP contribution in [0.2, 0.25) is 5.02 Å². The third-order valence-electron chi connectivity index (χ3n) is 6.25. The van der Waals surface area contributed by atoms with Crippen molar-refractivity contribution < 1.29 is 19.0 Å². The van der Waals surface area contributed by atoms with Crippen LogP contribution >= 0.6 is 11.6 Å². The van der Waals surface area contributed by atoms with Crippen molar-refractivity contribution in [2.24, 2.45) is 11.8 Å². The van der Waals surface area contributed by atoms with E-state index in [1.165, 1.54) is 16.8 Å². The van der Waals surface area contributed by atoms with Crippen LogP contribution in [-0.4, -0.2) is 34.1 Å². The monoisotopic (exact) mass is 484 g/mol. The molecule has 3 aromatic rings. The molecule has 1 heterocycles. The summed E-state index contributed by atoms with van der Waals surface area (Å²) in [7, 11) is 0. The molecule has 178 valence electrons. The zero-order chi connectivity index (χ0) is 24.1. The minimum absolute atomic E-state index is 0.233. The highest BCUT2D eigenvalue weighted by Crippen LogP contribution is 2.33. The van der Waals surface area contributed by atoms with Crippen LogP contribution < -0.4 is 5.56 Å². The molecule has 6 nitrogen and oxygen atoms in total. The first-order chi connectivity index (χ1) is 16.4. The second-order valence-corrected chi connectivity index (χ2v) is 9.15. The molecule has 1 aliphatic carbocycles. The summed E-state index contributed by atoms with van der Waals surface area (Å²) in [4.78, 5) is 23.6. The Hall–Kier alpha value is -3.03. The zero-order valence-corrected chi connectivity index (χ0v) is 19.4. The van der Waals surface area contributed by atoms with Gasteiger partial charge < -0.3 is 9.84 Å². The van der Waals surface area contributed by atoms with Gasteiger partial charge in [-0.25, -0.2) is 13.9 Å². The number of nitrogens with zero attached hydrogens (tertiary/aromatic N) is 2. The van der Waals surface area contributed by atoms with Crippen LogP contribution in [0.5, 0.6) is 0 Å². The highest BCUT2D eigenvalue weighted by Gasteiger charge is 2.24. The SMILES string of the molecule is O=C(O)COC[C@H]1CC[C@@H](Cn2nc(-c3ccc(Cl)cc3F)c(-c3ccccc3)cc2=O)CC1. The molecule has 1 N–H and O–H groups in total. The molecule has 0 bridgehead atoms. The van der Waals surface area contributed by atoms with Gasteiger partial charge in [-0.1, -0.05) is 41.9 Å². The Kier molecular flexibility index (Phi) is 7.75. The molecule has 0 aliphatic heterocycles. The highest BCUT2D eigenvalue weighted by atomic mass is 35.5. The Labute approximate surface area is 202 Å². The maximum atomic E-state index is 14.9. The maximum Gasteiger partial charge on any atom is 0.329 e. The summed E-state index contributed by atoms with van der Waals surface area (Å²) < 4.78 is 21.5. The average molecular weight is 485 g/mol. The number of carboxylic acid groups (broad SMARTS) is 1. The standard InChI is InChI=1S/C26H26ClFN2O4/c27-20-10-11-21(23(28)12-20)26-22(19-4-2-1-3-5-19)13-24(31)30(29-26)14-17-6-8-18(9-7-17)15-34-16-25(32)33/h1-5,10-13,17-18H,6-9,14-16H2,(H,32,33)/t17-,18+. The fraction of sp³-hybridized carbons (Fsp3) is 0.346. The second kappa shape index (κ2) is 10.9. The van der Waals surface area contributed by atoms with Crippen molar-refractivity contribution in [1.82, 2.24) is 9.78 Å². The first-order valence-electron chi connectivity index (χ1n) is 11.3. The van der Waals surface area contributed by atoms with E-state index in [0.29, 0.717) is 35.3 Å². The molecule has 1 fully saturated rings. The van der Waals surface area contributed by atoms with Gasteiger partial charge in [0, 0.05) is 28.8 Å². The lowest BCUT2D eigenvalue weighted by Gasteiger charge is -2.28. The van der Waals surface area contributed by atoms with Gasteiger partial charge in [-0.05, 0) is 61.3 Å². The number of rotatable bonds is 8. The molecule has 1 saturated carbocycles. The lowest BCUT2D eigenvalue weighted by Crippen LogP contribution is -2.29. The third-order valence-corrected chi connectivity index (χ3v) is 6.48. The number of benzene rings is 2. The molecule has 0 unspecified atom stereocenters. The summed E-state index contributed by atoms with van der Waals surface area (Å²) in [6, 6.07) is 15.3. The van der Waals surface area contributed by atoms with Crippen molar-refractivity contribution in [2.45, 2.75) is 32.2 Å². The fourth-order valence-corrected chi connectivity index (χ4v) is 4.64. The van der Waals surface area contributed by atoms with Crippen LogP contribution in [0.25, 0.3) is 22.4 Å². The molecule has 4 rings (SSSR count). The van der Waals surface area contributed by atoms with Gasteiger partial charge in [-0.3, -0.25) is 4.79 Å². The van der Waals surface area contributed by atoms with E-state index in [1.54, 1.807) is 12.1 Å². The highest BCUT2D eigenvalue weighted by molar-refractivity contribution is 6.30. The summed E-state index contributed by atoms with van der Waals surface area (Å²) >= 11 is 5.95. The van der Waals surface area contributed by atoms with Gasteiger partial charge in [0.2, 0.25) is 0 Å². The lowest BCUT2D eigenvalue weighted by molar-refractivity contribution is -0.142. The van der Waals surface area contributed by atoms with Crippen molar-refractivity contribution in [3.63, 3.8) is 0 Å². The minimum atomic E-state index is -0.967. The maximum absolute atomic E-state index is 14.9. The topological polar surface area (TPSA) is 81.4 Å². The van der Waals surface area contributed by atoms with E-state index in [-0.39, 0.29) is 23.6 Å². The van der Waals surface area contributed by atoms with E-state index in [4.69, 9.17) is 21.4 Å². The smallest absolute Gasteiger partial charge is 0.329 e. The van der Waals surface area contributed by atoms with Crippen LogP contribution in [0.15, 0.2) is 59.4 Å². The van der Waals surface area contributed by atoms with Crippen molar-refractivity contribution in [1.29, 1.82) is 0 Å². The van der Waals surface area contributed by atoms with Crippen LogP contribution in [-0.2, 0) is 16.1 Å². The molecular formula is C26H26ClFN2O4. The summed E-state index contributed by atoms with van der Waals surface area (Å²) in [5.74, 6) is -0.888. The summed E-state index contributed by atoms with van der Waals surface area (Å²) in [6.45, 7) is 0.596. The molecule has 1 aromatic heterocycles. The molecule has 0 radical (unpaired) electrons. The van der Waals surface area contributed by atoms with Crippen molar-refractivity contribution in [3.05, 3.63) is 75.8 Å². The number of aromatic nitrogens is 2. The molecule has 34 heavy (non-hydrogen) atoms. The molecular weight excluding hydrogens is 459 g/mol. The molecule has 1 aliphatic rings. The quantitative estimate of drug-likeness (QED) is 0.470. The van der Waals surface area contributed by atoms with Crippen LogP contribution in [0.3, 0.4) is 0 Å². The van der Waals surface area contributed by atoms with Crippen molar-refractivity contribution >= 4 is 17.6 Å². The summed E-state index contributed by atoms with van der Waals surface area (Å²) in [5, 5.41) is 13.6. The van der Waals surface area contributed by atoms with E-state index in [2.05, 4.69) is 5.10 Å². The van der Waals surface area contributed by atoms with E-state index in [1.807, 2.05) is 30.3 Å².